The molecule has 3 aromatic rings. The van der Waals surface area contributed by atoms with E-state index in [2.05, 4.69) is 16.0 Å². The largest absolute Gasteiger partial charge is 0.421 e. The maximum atomic E-state index is 13.2. The fraction of sp³-hybridized carbons (Fsp3) is 0.111. The van der Waals surface area contributed by atoms with Gasteiger partial charge in [-0.2, -0.15) is 0 Å². The van der Waals surface area contributed by atoms with Gasteiger partial charge in [0.1, 0.15) is 11.4 Å². The molecular weight excluding hydrogens is 361 g/mol. The van der Waals surface area contributed by atoms with E-state index >= 15 is 0 Å². The summed E-state index contributed by atoms with van der Waals surface area (Å²) < 4.78 is 18.5. The lowest BCUT2D eigenvalue weighted by molar-refractivity contribution is 0.262. The third kappa shape index (κ3) is 3.62. The van der Waals surface area contributed by atoms with Crippen LogP contribution in [0.25, 0.3) is 11.0 Å². The highest BCUT2D eigenvalue weighted by Gasteiger charge is 2.16. The van der Waals surface area contributed by atoms with E-state index in [1.54, 1.807) is 24.3 Å². The number of para-hydroxylation sites is 1. The number of amides is 2. The van der Waals surface area contributed by atoms with Gasteiger partial charge >= 0.3 is 11.7 Å². The van der Waals surface area contributed by atoms with Crippen molar-refractivity contribution in [2.45, 2.75) is 6.92 Å². The van der Waals surface area contributed by atoms with Crippen molar-refractivity contribution < 1.29 is 13.6 Å². The maximum absolute atomic E-state index is 13.2. The highest BCUT2D eigenvalue weighted by molar-refractivity contribution is 6.31. The molecule has 0 aliphatic heterocycles. The van der Waals surface area contributed by atoms with E-state index in [1.807, 2.05) is 6.92 Å². The minimum absolute atomic E-state index is 0.0174. The first-order valence-electron chi connectivity index (χ1n) is 7.82. The predicted molar refractivity (Wildman–Crippen MR) is 101 cm³/mol. The molecule has 0 aliphatic rings. The Morgan fingerprint density at radius 2 is 1.92 bits per heavy atom. The molecule has 0 atom stereocenters. The van der Waals surface area contributed by atoms with E-state index in [0.717, 1.165) is 6.07 Å². The average Bonchev–Trinajstić information content (AvgIpc) is 2.61. The van der Waals surface area contributed by atoms with Gasteiger partial charge in [0.2, 0.25) is 0 Å². The molecule has 134 valence electrons. The second kappa shape index (κ2) is 7.45. The number of hydrogen-bond donors (Lipinski definition) is 3. The number of fused-ring (bicyclic) bond motifs is 1. The minimum atomic E-state index is -0.688. The molecule has 3 rings (SSSR count). The predicted octanol–water partition coefficient (Wildman–Crippen LogP) is 4.66. The van der Waals surface area contributed by atoms with Gasteiger partial charge in [-0.1, -0.05) is 23.7 Å². The Bertz CT molecular complexity index is 1040. The highest BCUT2D eigenvalue weighted by Crippen LogP contribution is 2.28. The van der Waals surface area contributed by atoms with E-state index in [1.165, 1.54) is 12.1 Å². The molecule has 0 unspecified atom stereocenters. The van der Waals surface area contributed by atoms with E-state index in [9.17, 15) is 14.0 Å². The summed E-state index contributed by atoms with van der Waals surface area (Å²) in [5.74, 6) is -0.595. The summed E-state index contributed by atoms with van der Waals surface area (Å²) in [6, 6.07) is 10.1. The monoisotopic (exact) mass is 375 g/mol. The average molecular weight is 376 g/mol. The molecule has 0 saturated heterocycles. The lowest BCUT2D eigenvalue weighted by Crippen LogP contribution is -2.24. The summed E-state index contributed by atoms with van der Waals surface area (Å²) in [4.78, 5) is 24.6. The van der Waals surface area contributed by atoms with Crippen LogP contribution in [0.2, 0.25) is 5.02 Å². The smallest absolute Gasteiger partial charge is 0.362 e. The van der Waals surface area contributed by atoms with Gasteiger partial charge in [-0.15, -0.1) is 0 Å². The first-order valence-corrected chi connectivity index (χ1v) is 8.20. The van der Waals surface area contributed by atoms with Crippen LogP contribution in [0.5, 0.6) is 0 Å². The molecule has 0 saturated carbocycles. The standard InChI is InChI=1S/C18H15ClFN3O3/c1-2-21-15-11-5-3-4-6-14(11)26-17(24)16(15)23-18(25)22-10-7-8-13(20)12(19)9-10/h3-9,21H,2H2,1H3,(H2,22,23,25). The minimum Gasteiger partial charge on any atom is -0.421 e. The summed E-state index contributed by atoms with van der Waals surface area (Å²) in [6.45, 7) is 2.41. The van der Waals surface area contributed by atoms with Crippen LogP contribution in [0.15, 0.2) is 51.7 Å². The van der Waals surface area contributed by atoms with Crippen molar-refractivity contribution in [1.29, 1.82) is 0 Å². The molecule has 1 aromatic heterocycles. The number of anilines is 3. The zero-order valence-electron chi connectivity index (χ0n) is 13.7. The fourth-order valence-electron chi connectivity index (χ4n) is 2.47. The second-order valence-electron chi connectivity index (χ2n) is 5.37. The fourth-order valence-corrected chi connectivity index (χ4v) is 2.65. The molecule has 2 amide bonds. The number of carbonyl (C=O) groups excluding carboxylic acids is 1. The van der Waals surface area contributed by atoms with Gasteiger partial charge in [0, 0.05) is 17.6 Å². The normalized spacial score (nSPS) is 10.6. The molecule has 0 spiro atoms. The molecule has 2 aromatic carbocycles. The van der Waals surface area contributed by atoms with Crippen LogP contribution in [0, 0.1) is 5.82 Å². The van der Waals surface area contributed by atoms with Crippen molar-refractivity contribution in [2.75, 3.05) is 22.5 Å². The molecule has 0 fully saturated rings. The van der Waals surface area contributed by atoms with Gasteiger partial charge in [-0.05, 0) is 37.3 Å². The van der Waals surface area contributed by atoms with Crippen LogP contribution >= 0.6 is 11.6 Å². The highest BCUT2D eigenvalue weighted by atomic mass is 35.5. The Balaban J connectivity index is 1.93. The third-order valence-electron chi connectivity index (χ3n) is 3.58. The van der Waals surface area contributed by atoms with E-state index < -0.39 is 17.5 Å². The van der Waals surface area contributed by atoms with E-state index in [4.69, 9.17) is 16.0 Å². The summed E-state index contributed by atoms with van der Waals surface area (Å²) in [7, 11) is 0. The van der Waals surface area contributed by atoms with Crippen LogP contribution in [0.4, 0.5) is 26.2 Å². The van der Waals surface area contributed by atoms with Gasteiger partial charge in [0.15, 0.2) is 5.69 Å². The van der Waals surface area contributed by atoms with Gasteiger partial charge in [-0.25, -0.2) is 14.0 Å². The van der Waals surface area contributed by atoms with Crippen molar-refractivity contribution in [3.8, 4) is 0 Å². The Hall–Kier alpha value is -3.06. The number of hydrogen-bond acceptors (Lipinski definition) is 4. The van der Waals surface area contributed by atoms with Gasteiger partial charge in [0.05, 0.1) is 10.7 Å². The Kier molecular flexibility index (Phi) is 5.09. The first kappa shape index (κ1) is 17.8. The zero-order valence-corrected chi connectivity index (χ0v) is 14.5. The lowest BCUT2D eigenvalue weighted by Gasteiger charge is -2.14. The summed E-state index contributed by atoms with van der Waals surface area (Å²) in [5.41, 5.74) is 0.448. The van der Waals surface area contributed by atoms with Crippen molar-refractivity contribution in [1.82, 2.24) is 0 Å². The number of halogens is 2. The Morgan fingerprint density at radius 3 is 2.65 bits per heavy atom. The van der Waals surface area contributed by atoms with Gasteiger partial charge in [0.25, 0.3) is 0 Å². The molecule has 0 bridgehead atoms. The molecule has 0 radical (unpaired) electrons. The second-order valence-corrected chi connectivity index (χ2v) is 5.78. The van der Waals surface area contributed by atoms with Crippen LogP contribution in [-0.2, 0) is 0 Å². The van der Waals surface area contributed by atoms with Crippen molar-refractivity contribution in [3.63, 3.8) is 0 Å². The van der Waals surface area contributed by atoms with Crippen LogP contribution in [-0.4, -0.2) is 12.6 Å². The van der Waals surface area contributed by atoms with Crippen LogP contribution in [0.3, 0.4) is 0 Å². The van der Waals surface area contributed by atoms with Crippen LogP contribution < -0.4 is 21.6 Å². The van der Waals surface area contributed by atoms with Crippen LogP contribution in [0.1, 0.15) is 6.92 Å². The van der Waals surface area contributed by atoms with Gasteiger partial charge < -0.3 is 15.1 Å². The number of rotatable bonds is 4. The maximum Gasteiger partial charge on any atom is 0.362 e. The quantitative estimate of drug-likeness (QED) is 0.579. The molecule has 6 nitrogen and oxygen atoms in total. The molecular formula is C18H15ClFN3O3. The van der Waals surface area contributed by atoms with Gasteiger partial charge in [-0.3, -0.25) is 5.32 Å². The summed E-state index contributed by atoms with van der Waals surface area (Å²) in [6.07, 6.45) is 0. The lowest BCUT2D eigenvalue weighted by atomic mass is 10.2. The van der Waals surface area contributed by atoms with E-state index in [-0.39, 0.29) is 16.4 Å². The first-order chi connectivity index (χ1) is 12.5. The molecule has 8 heteroatoms. The number of benzene rings is 2. The number of nitrogens with one attached hydrogen (secondary N) is 3. The molecule has 26 heavy (non-hydrogen) atoms. The number of carbonyl (C=O) groups is 1. The molecule has 0 aliphatic carbocycles. The molecule has 1 heterocycles. The molecule has 3 N–H and O–H groups in total. The number of urea groups is 1. The Labute approximate surface area is 153 Å². The Morgan fingerprint density at radius 1 is 1.15 bits per heavy atom. The van der Waals surface area contributed by atoms with E-state index in [0.29, 0.717) is 23.2 Å². The summed E-state index contributed by atoms with van der Waals surface area (Å²) in [5, 5.41) is 8.59. The van der Waals surface area contributed by atoms with Crippen molar-refractivity contribution in [3.05, 3.63) is 63.7 Å². The topological polar surface area (TPSA) is 83.4 Å². The summed E-state index contributed by atoms with van der Waals surface area (Å²) >= 11 is 5.69. The SMILES string of the molecule is CCNc1c(NC(=O)Nc2ccc(F)c(Cl)c2)c(=O)oc2ccccc12. The van der Waals surface area contributed by atoms with Crippen molar-refractivity contribution >= 4 is 45.7 Å². The zero-order chi connectivity index (χ0) is 18.7. The third-order valence-corrected chi connectivity index (χ3v) is 3.87. The van der Waals surface area contributed by atoms with Crippen molar-refractivity contribution in [2.24, 2.45) is 0 Å².